The van der Waals surface area contributed by atoms with E-state index in [0.29, 0.717) is 6.07 Å². The number of hydrogen-bond donors (Lipinski definition) is 3. The molecule has 0 aliphatic rings. The van der Waals surface area contributed by atoms with Crippen LogP contribution in [0.2, 0.25) is 0 Å². The van der Waals surface area contributed by atoms with E-state index in [0.717, 1.165) is 19.1 Å². The number of carboxylic acids is 1. The predicted octanol–water partition coefficient (Wildman–Crippen LogP) is 0.981. The molecule has 0 aromatic heterocycles. The Bertz CT molecular complexity index is 489. The van der Waals surface area contributed by atoms with Gasteiger partial charge in [0, 0.05) is 6.07 Å². The minimum absolute atomic E-state index is 0.123. The average molecular weight is 258 g/mol. The van der Waals surface area contributed by atoms with Gasteiger partial charge in [0.05, 0.1) is 23.2 Å². The number of hydrogen-bond acceptors (Lipinski definition) is 5. The molecule has 1 aromatic rings. The maximum atomic E-state index is 13.4. The van der Waals surface area contributed by atoms with Crippen molar-refractivity contribution in [3.63, 3.8) is 0 Å². The van der Waals surface area contributed by atoms with Gasteiger partial charge in [0.25, 0.3) is 5.69 Å². The lowest BCUT2D eigenvalue weighted by Gasteiger charge is -2.19. The molecular weight excluding hydrogens is 247 g/mol. The standard InChI is InChI=1S/C10H11FN2O5/c1-10(16,9(14)15)5-12-8-3-2-6(13(17)18)4-7(8)11/h2-4,12,16H,5H2,1H3,(H,14,15). The molecule has 0 amide bonds. The molecule has 8 heteroatoms. The summed E-state index contributed by atoms with van der Waals surface area (Å²) in [5.74, 6) is -2.36. The Morgan fingerprint density at radius 2 is 2.22 bits per heavy atom. The topological polar surface area (TPSA) is 113 Å². The van der Waals surface area contributed by atoms with Crippen LogP contribution in [-0.2, 0) is 4.79 Å². The summed E-state index contributed by atoms with van der Waals surface area (Å²) in [6, 6.07) is 2.88. The summed E-state index contributed by atoms with van der Waals surface area (Å²) in [5, 5.41) is 30.8. The highest BCUT2D eigenvalue weighted by atomic mass is 19.1. The fourth-order valence-corrected chi connectivity index (χ4v) is 1.10. The summed E-state index contributed by atoms with van der Waals surface area (Å²) in [6.45, 7) is 0.614. The van der Waals surface area contributed by atoms with Crippen LogP contribution in [0.1, 0.15) is 6.92 Å². The third-order valence-corrected chi connectivity index (χ3v) is 2.25. The monoisotopic (exact) mass is 258 g/mol. The second-order valence-corrected chi connectivity index (χ2v) is 3.85. The molecular formula is C10H11FN2O5. The largest absolute Gasteiger partial charge is 0.479 e. The fraction of sp³-hybridized carbons (Fsp3) is 0.300. The van der Waals surface area contributed by atoms with Gasteiger partial charge in [0.15, 0.2) is 11.4 Å². The normalized spacial score (nSPS) is 13.7. The van der Waals surface area contributed by atoms with Crippen molar-refractivity contribution in [2.75, 3.05) is 11.9 Å². The van der Waals surface area contributed by atoms with Gasteiger partial charge in [0.1, 0.15) is 0 Å². The van der Waals surface area contributed by atoms with Gasteiger partial charge in [-0.25, -0.2) is 9.18 Å². The molecule has 0 heterocycles. The zero-order valence-corrected chi connectivity index (χ0v) is 9.38. The molecule has 0 aliphatic carbocycles. The molecule has 18 heavy (non-hydrogen) atoms. The van der Waals surface area contributed by atoms with E-state index in [1.54, 1.807) is 0 Å². The number of halogens is 1. The average Bonchev–Trinajstić information content (AvgIpc) is 2.26. The number of non-ortho nitro benzene ring substituents is 1. The highest BCUT2D eigenvalue weighted by Crippen LogP contribution is 2.21. The molecule has 1 aromatic carbocycles. The van der Waals surface area contributed by atoms with Gasteiger partial charge in [-0.15, -0.1) is 0 Å². The zero-order valence-electron chi connectivity index (χ0n) is 9.38. The molecule has 7 nitrogen and oxygen atoms in total. The van der Waals surface area contributed by atoms with Crippen molar-refractivity contribution >= 4 is 17.3 Å². The molecule has 0 spiro atoms. The molecule has 1 unspecified atom stereocenters. The quantitative estimate of drug-likeness (QED) is 0.536. The SMILES string of the molecule is CC(O)(CNc1ccc([N+](=O)[O-])cc1F)C(=O)O. The van der Waals surface area contributed by atoms with Crippen LogP contribution in [0.5, 0.6) is 0 Å². The van der Waals surface area contributed by atoms with Crippen molar-refractivity contribution in [1.29, 1.82) is 0 Å². The summed E-state index contributed by atoms with van der Waals surface area (Å²) in [5.41, 5.74) is -2.60. The van der Waals surface area contributed by atoms with Gasteiger partial charge in [-0.2, -0.15) is 0 Å². The summed E-state index contributed by atoms with van der Waals surface area (Å²) < 4.78 is 13.4. The molecule has 98 valence electrons. The molecule has 0 radical (unpaired) electrons. The predicted molar refractivity (Wildman–Crippen MR) is 59.8 cm³/mol. The van der Waals surface area contributed by atoms with Crippen LogP contribution in [0.25, 0.3) is 0 Å². The van der Waals surface area contributed by atoms with E-state index in [4.69, 9.17) is 5.11 Å². The molecule has 0 aliphatic heterocycles. The van der Waals surface area contributed by atoms with Crippen molar-refractivity contribution < 1.29 is 24.3 Å². The van der Waals surface area contributed by atoms with Crippen LogP contribution in [0, 0.1) is 15.9 Å². The number of aliphatic hydroxyl groups is 1. The van der Waals surface area contributed by atoms with E-state index < -0.39 is 34.5 Å². The number of benzene rings is 1. The fourth-order valence-electron chi connectivity index (χ4n) is 1.10. The number of nitrogens with zero attached hydrogens (tertiary/aromatic N) is 1. The van der Waals surface area contributed by atoms with Crippen molar-refractivity contribution in [2.24, 2.45) is 0 Å². The molecule has 1 rings (SSSR count). The van der Waals surface area contributed by atoms with Crippen LogP contribution in [0.15, 0.2) is 18.2 Å². The van der Waals surface area contributed by atoms with E-state index in [1.165, 1.54) is 0 Å². The maximum Gasteiger partial charge on any atom is 0.337 e. The Morgan fingerprint density at radius 3 is 2.67 bits per heavy atom. The number of nitrogens with one attached hydrogen (secondary N) is 1. The number of carbonyl (C=O) groups is 1. The second-order valence-electron chi connectivity index (χ2n) is 3.85. The van der Waals surface area contributed by atoms with Crippen LogP contribution in [0.4, 0.5) is 15.8 Å². The van der Waals surface area contributed by atoms with E-state index in [2.05, 4.69) is 5.32 Å². The maximum absolute atomic E-state index is 13.4. The highest BCUT2D eigenvalue weighted by Gasteiger charge is 2.29. The van der Waals surface area contributed by atoms with E-state index >= 15 is 0 Å². The zero-order chi connectivity index (χ0) is 13.9. The van der Waals surface area contributed by atoms with Gasteiger partial charge in [0.2, 0.25) is 0 Å². The molecule has 0 saturated carbocycles. The van der Waals surface area contributed by atoms with Gasteiger partial charge in [-0.3, -0.25) is 10.1 Å². The number of nitro benzene ring substituents is 1. The van der Waals surface area contributed by atoms with Gasteiger partial charge >= 0.3 is 5.97 Å². The van der Waals surface area contributed by atoms with Crippen LogP contribution in [-0.4, -0.2) is 33.3 Å². The molecule has 0 fully saturated rings. The van der Waals surface area contributed by atoms with Crippen LogP contribution < -0.4 is 5.32 Å². The summed E-state index contributed by atoms with van der Waals surface area (Å²) >= 11 is 0. The number of nitro groups is 1. The van der Waals surface area contributed by atoms with Gasteiger partial charge in [-0.1, -0.05) is 0 Å². The first-order chi connectivity index (χ1) is 8.24. The highest BCUT2D eigenvalue weighted by molar-refractivity contribution is 5.77. The van der Waals surface area contributed by atoms with Crippen molar-refractivity contribution in [3.05, 3.63) is 34.1 Å². The minimum atomic E-state index is -2.06. The second kappa shape index (κ2) is 4.96. The number of anilines is 1. The van der Waals surface area contributed by atoms with E-state index in [-0.39, 0.29) is 5.69 Å². The first-order valence-electron chi connectivity index (χ1n) is 4.87. The first-order valence-corrected chi connectivity index (χ1v) is 4.87. The lowest BCUT2D eigenvalue weighted by Crippen LogP contribution is -2.41. The number of rotatable bonds is 5. The molecule has 1 atom stereocenters. The lowest BCUT2D eigenvalue weighted by molar-refractivity contribution is -0.385. The summed E-state index contributed by atoms with van der Waals surface area (Å²) in [4.78, 5) is 20.2. The summed E-state index contributed by atoms with van der Waals surface area (Å²) in [7, 11) is 0. The molecule has 0 saturated heterocycles. The van der Waals surface area contributed by atoms with Gasteiger partial charge in [-0.05, 0) is 13.0 Å². The smallest absolute Gasteiger partial charge is 0.337 e. The van der Waals surface area contributed by atoms with Crippen LogP contribution in [0.3, 0.4) is 0 Å². The number of carboxylic acid groups (broad SMARTS) is 1. The van der Waals surface area contributed by atoms with Crippen molar-refractivity contribution in [1.82, 2.24) is 0 Å². The van der Waals surface area contributed by atoms with Crippen molar-refractivity contribution in [3.8, 4) is 0 Å². The number of aliphatic carboxylic acids is 1. The Morgan fingerprint density at radius 1 is 1.61 bits per heavy atom. The van der Waals surface area contributed by atoms with Crippen LogP contribution >= 0.6 is 0 Å². The Hall–Kier alpha value is -2.22. The third-order valence-electron chi connectivity index (χ3n) is 2.25. The van der Waals surface area contributed by atoms with E-state index in [9.17, 15) is 24.4 Å². The summed E-state index contributed by atoms with van der Waals surface area (Å²) in [6.07, 6.45) is 0. The van der Waals surface area contributed by atoms with E-state index in [1.807, 2.05) is 0 Å². The lowest BCUT2D eigenvalue weighted by atomic mass is 10.1. The molecule has 0 bridgehead atoms. The Kier molecular flexibility index (Phi) is 3.82. The minimum Gasteiger partial charge on any atom is -0.479 e. The first kappa shape index (κ1) is 13.8. The Balaban J connectivity index is 2.81. The Labute approximate surface area is 101 Å². The molecule has 3 N–H and O–H groups in total. The van der Waals surface area contributed by atoms with Gasteiger partial charge < -0.3 is 15.5 Å². The van der Waals surface area contributed by atoms with Crippen molar-refractivity contribution in [2.45, 2.75) is 12.5 Å². The third kappa shape index (κ3) is 3.14.